The van der Waals surface area contributed by atoms with Crippen LogP contribution < -0.4 is 0 Å². The van der Waals surface area contributed by atoms with Gasteiger partial charge in [0.15, 0.2) is 0 Å². The van der Waals surface area contributed by atoms with Gasteiger partial charge in [-0.1, -0.05) is 29.8 Å². The number of morpholine rings is 1. The summed E-state index contributed by atoms with van der Waals surface area (Å²) in [5.41, 5.74) is 3.88. The average Bonchev–Trinajstić information content (AvgIpc) is 2.79. The van der Waals surface area contributed by atoms with Gasteiger partial charge in [0, 0.05) is 24.2 Å². The molecule has 0 saturated carbocycles. The van der Waals surface area contributed by atoms with Gasteiger partial charge in [0.05, 0.1) is 30.3 Å². The molecule has 0 N–H and O–H groups in total. The van der Waals surface area contributed by atoms with Gasteiger partial charge < -0.3 is 14.4 Å². The molecule has 1 heterocycles. The molecule has 0 amide bonds. The second-order valence-electron chi connectivity index (χ2n) is 6.37. The molecule has 0 spiro atoms. The number of carbonyl (C=O) groups excluding carboxylic acids is 1. The van der Waals surface area contributed by atoms with E-state index in [-0.39, 0.29) is 0 Å². The number of carbonyl (C=O) groups is 1. The van der Waals surface area contributed by atoms with Gasteiger partial charge in [-0.3, -0.25) is 9.98 Å². The lowest BCUT2D eigenvalue weighted by Crippen LogP contribution is -2.32. The number of ether oxygens (including phenoxy) is 1. The summed E-state index contributed by atoms with van der Waals surface area (Å²) in [5.74, 6) is 0.396. The highest BCUT2D eigenvalue weighted by atomic mass is 32.2. The minimum absolute atomic E-state index is 0.396. The molecule has 3 rings (SSSR count). The zero-order valence-electron chi connectivity index (χ0n) is 18.0. The Morgan fingerprint density at radius 3 is 2.37 bits per heavy atom. The number of thiol groups is 1. The quantitative estimate of drug-likeness (QED) is 0.298. The SMILES string of the molecule is C=Nc1ccc(N=Cc2ccc(C)cc2)cc1SCC=O.CN1CCOCC1.CS. The number of thioether (sulfide) groups is 1. The normalized spacial score (nSPS) is 13.6. The fraction of sp³-hybridized carbons (Fsp3) is 0.348. The molecule has 1 aliphatic rings. The van der Waals surface area contributed by atoms with E-state index in [1.54, 1.807) is 6.26 Å². The van der Waals surface area contributed by atoms with Crippen LogP contribution in [-0.4, -0.2) is 69.5 Å². The van der Waals surface area contributed by atoms with Crippen molar-refractivity contribution in [2.75, 3.05) is 45.4 Å². The molecule has 1 aliphatic heterocycles. The molecule has 0 radical (unpaired) electrons. The molecule has 0 unspecified atom stereocenters. The van der Waals surface area contributed by atoms with Crippen LogP contribution in [0.5, 0.6) is 0 Å². The predicted molar refractivity (Wildman–Crippen MR) is 134 cm³/mol. The largest absolute Gasteiger partial charge is 0.379 e. The van der Waals surface area contributed by atoms with Crippen molar-refractivity contribution in [3.63, 3.8) is 0 Å². The van der Waals surface area contributed by atoms with Crippen molar-refractivity contribution in [3.8, 4) is 0 Å². The Morgan fingerprint density at radius 2 is 1.83 bits per heavy atom. The summed E-state index contributed by atoms with van der Waals surface area (Å²) in [6, 6.07) is 13.8. The summed E-state index contributed by atoms with van der Waals surface area (Å²) < 4.78 is 5.10. The molecule has 2 aromatic carbocycles. The number of aryl methyl sites for hydroxylation is 1. The Labute approximate surface area is 190 Å². The van der Waals surface area contributed by atoms with Gasteiger partial charge in [0.1, 0.15) is 6.29 Å². The third-order valence-corrected chi connectivity index (χ3v) is 5.04. The minimum atomic E-state index is 0.396. The van der Waals surface area contributed by atoms with E-state index >= 15 is 0 Å². The van der Waals surface area contributed by atoms with Crippen molar-refractivity contribution in [2.24, 2.45) is 9.98 Å². The van der Waals surface area contributed by atoms with Crippen LogP contribution in [0, 0.1) is 6.92 Å². The number of aliphatic imine (C=N–C) groups is 2. The molecule has 0 aliphatic carbocycles. The number of nitrogens with zero attached hydrogens (tertiary/aromatic N) is 3. The van der Waals surface area contributed by atoms with E-state index in [4.69, 9.17) is 4.74 Å². The van der Waals surface area contributed by atoms with Crippen molar-refractivity contribution in [1.29, 1.82) is 0 Å². The van der Waals surface area contributed by atoms with Crippen LogP contribution in [-0.2, 0) is 9.53 Å². The van der Waals surface area contributed by atoms with Gasteiger partial charge in [-0.25, -0.2) is 0 Å². The van der Waals surface area contributed by atoms with E-state index in [9.17, 15) is 4.79 Å². The smallest absolute Gasteiger partial charge is 0.130 e. The summed E-state index contributed by atoms with van der Waals surface area (Å²) in [7, 11) is 2.11. The van der Waals surface area contributed by atoms with E-state index in [1.807, 2.05) is 36.5 Å². The highest BCUT2D eigenvalue weighted by Gasteiger charge is 2.03. The van der Waals surface area contributed by atoms with Crippen LogP contribution >= 0.6 is 24.4 Å². The van der Waals surface area contributed by atoms with Crippen LogP contribution in [0.1, 0.15) is 11.1 Å². The second-order valence-corrected chi connectivity index (χ2v) is 7.43. The molecule has 7 heteroatoms. The maximum atomic E-state index is 10.5. The molecule has 1 saturated heterocycles. The van der Waals surface area contributed by atoms with Gasteiger partial charge in [0.2, 0.25) is 0 Å². The van der Waals surface area contributed by atoms with Crippen LogP contribution in [0.15, 0.2) is 57.3 Å². The molecule has 0 aromatic heterocycles. The Hall–Kier alpha value is -1.93. The molecule has 162 valence electrons. The maximum Gasteiger partial charge on any atom is 0.130 e. The highest BCUT2D eigenvalue weighted by Crippen LogP contribution is 2.32. The maximum absolute atomic E-state index is 10.5. The predicted octanol–water partition coefficient (Wildman–Crippen LogP) is 4.86. The lowest BCUT2D eigenvalue weighted by atomic mass is 10.2. The Morgan fingerprint density at radius 1 is 1.17 bits per heavy atom. The van der Waals surface area contributed by atoms with Gasteiger partial charge in [-0.2, -0.15) is 12.6 Å². The summed E-state index contributed by atoms with van der Waals surface area (Å²) in [6.45, 7) is 9.62. The van der Waals surface area contributed by atoms with E-state index in [0.717, 1.165) is 54.4 Å². The van der Waals surface area contributed by atoms with Crippen molar-refractivity contribution in [3.05, 3.63) is 53.6 Å². The molecule has 1 fully saturated rings. The summed E-state index contributed by atoms with van der Waals surface area (Å²) in [6.07, 6.45) is 4.39. The van der Waals surface area contributed by atoms with Gasteiger partial charge in [-0.15, -0.1) is 11.8 Å². The Bertz CT molecular complexity index is 790. The van der Waals surface area contributed by atoms with Crippen LogP contribution in [0.3, 0.4) is 0 Å². The topological polar surface area (TPSA) is 54.3 Å². The Kier molecular flexibility index (Phi) is 13.8. The van der Waals surface area contributed by atoms with E-state index in [2.05, 4.69) is 60.3 Å². The molecule has 0 bridgehead atoms. The number of benzene rings is 2. The van der Waals surface area contributed by atoms with Gasteiger partial charge >= 0.3 is 0 Å². The average molecular weight is 446 g/mol. The molecule has 30 heavy (non-hydrogen) atoms. The standard InChI is InChI=1S/C17H16N2OS.C5H11NO.CH4S/c1-13-3-5-14(6-4-13)12-19-15-7-8-16(18-2)17(11-15)21-10-9-20;1-6-2-4-7-5-3-6;1-2/h3-9,11-12H,2,10H2,1H3;2-5H2,1H3;2H,1H3. The highest BCUT2D eigenvalue weighted by molar-refractivity contribution is 8.00. The first kappa shape index (κ1) is 26.1. The first-order valence-corrected chi connectivity index (χ1v) is 11.5. The number of rotatable bonds is 6. The number of hydrogen-bond acceptors (Lipinski definition) is 7. The lowest BCUT2D eigenvalue weighted by Gasteiger charge is -2.21. The van der Waals surface area contributed by atoms with Gasteiger partial charge in [0.25, 0.3) is 0 Å². The first-order valence-electron chi connectivity index (χ1n) is 9.61. The first-order chi connectivity index (χ1) is 14.6. The second kappa shape index (κ2) is 15.8. The number of hydrogen-bond donors (Lipinski definition) is 1. The van der Waals surface area contributed by atoms with E-state index in [0.29, 0.717) is 5.75 Å². The molecular formula is C23H31N3O2S2. The lowest BCUT2D eigenvalue weighted by molar-refractivity contribution is -0.105. The minimum Gasteiger partial charge on any atom is -0.379 e. The molecule has 2 aromatic rings. The van der Waals surface area contributed by atoms with Crippen LogP contribution in [0.25, 0.3) is 0 Å². The van der Waals surface area contributed by atoms with Crippen molar-refractivity contribution < 1.29 is 9.53 Å². The van der Waals surface area contributed by atoms with Crippen LogP contribution in [0.4, 0.5) is 11.4 Å². The molecule has 5 nitrogen and oxygen atoms in total. The van der Waals surface area contributed by atoms with Crippen molar-refractivity contribution >= 4 is 55.0 Å². The van der Waals surface area contributed by atoms with Crippen molar-refractivity contribution in [2.45, 2.75) is 11.8 Å². The Balaban J connectivity index is 0.000000418. The van der Waals surface area contributed by atoms with Crippen molar-refractivity contribution in [1.82, 2.24) is 4.90 Å². The fourth-order valence-corrected chi connectivity index (χ4v) is 3.14. The molecule has 0 atom stereocenters. The van der Waals surface area contributed by atoms with Gasteiger partial charge in [-0.05, 0) is 50.7 Å². The fourth-order valence-electron chi connectivity index (χ4n) is 2.41. The zero-order chi connectivity index (χ0) is 22.2. The van der Waals surface area contributed by atoms with E-state index < -0.39 is 0 Å². The number of likely N-dealkylation sites (N-methyl/N-ethyl adjacent to an activating group) is 1. The monoisotopic (exact) mass is 445 g/mol. The van der Waals surface area contributed by atoms with E-state index in [1.165, 1.54) is 17.3 Å². The third-order valence-electron chi connectivity index (χ3n) is 4.10. The molecular weight excluding hydrogens is 414 g/mol. The zero-order valence-corrected chi connectivity index (χ0v) is 19.7. The third kappa shape index (κ3) is 10.2. The van der Waals surface area contributed by atoms with Crippen LogP contribution in [0.2, 0.25) is 0 Å². The summed E-state index contributed by atoms with van der Waals surface area (Å²) in [4.78, 5) is 22.1. The summed E-state index contributed by atoms with van der Waals surface area (Å²) >= 11 is 4.96. The summed E-state index contributed by atoms with van der Waals surface area (Å²) in [5, 5.41) is 0. The number of aldehydes is 1.